The maximum absolute atomic E-state index is 13.7. The van der Waals surface area contributed by atoms with Crippen molar-refractivity contribution in [2.24, 2.45) is 0 Å². The highest BCUT2D eigenvalue weighted by molar-refractivity contribution is 5.95. The lowest BCUT2D eigenvalue weighted by Gasteiger charge is -2.30. The molecular weight excluding hydrogens is 428 g/mol. The van der Waals surface area contributed by atoms with Crippen molar-refractivity contribution in [1.29, 1.82) is 0 Å². The van der Waals surface area contributed by atoms with Gasteiger partial charge in [-0.1, -0.05) is 0 Å². The van der Waals surface area contributed by atoms with E-state index in [4.69, 9.17) is 13.9 Å². The van der Waals surface area contributed by atoms with Gasteiger partial charge in [0.1, 0.15) is 51.5 Å². The summed E-state index contributed by atoms with van der Waals surface area (Å²) in [4.78, 5) is 18.3. The zero-order valence-electron chi connectivity index (χ0n) is 18.6. The van der Waals surface area contributed by atoms with Gasteiger partial charge in [-0.15, -0.1) is 0 Å². The summed E-state index contributed by atoms with van der Waals surface area (Å²) < 4.78 is 18.3. The van der Waals surface area contributed by atoms with Crippen LogP contribution in [0.2, 0.25) is 0 Å². The van der Waals surface area contributed by atoms with Crippen molar-refractivity contribution in [3.05, 3.63) is 51.7 Å². The topological polar surface area (TPSA) is 119 Å². The Labute approximate surface area is 189 Å². The molecule has 3 heterocycles. The van der Waals surface area contributed by atoms with Crippen LogP contribution in [0.25, 0.3) is 28.4 Å². The molecule has 0 aliphatic carbocycles. The number of phenols is 2. The molecule has 0 saturated heterocycles. The van der Waals surface area contributed by atoms with Crippen molar-refractivity contribution in [2.45, 2.75) is 51.4 Å². The zero-order valence-corrected chi connectivity index (χ0v) is 18.6. The van der Waals surface area contributed by atoms with E-state index in [-0.39, 0.29) is 46.0 Å². The van der Waals surface area contributed by atoms with Gasteiger partial charge in [0.2, 0.25) is 0 Å². The molecular formula is C25H24O8. The van der Waals surface area contributed by atoms with Gasteiger partial charge in [0, 0.05) is 24.1 Å². The van der Waals surface area contributed by atoms with Crippen LogP contribution in [0.3, 0.4) is 0 Å². The molecule has 2 aliphatic heterocycles. The Morgan fingerprint density at radius 1 is 1.15 bits per heavy atom. The maximum atomic E-state index is 13.7. The van der Waals surface area contributed by atoms with Crippen molar-refractivity contribution < 1.29 is 34.2 Å². The molecule has 8 heteroatoms. The van der Waals surface area contributed by atoms with Crippen LogP contribution in [0.1, 0.15) is 38.8 Å². The number of fused-ring (bicyclic) bond motifs is 6. The lowest BCUT2D eigenvalue weighted by molar-refractivity contribution is -0.330. The normalized spacial score (nSPS) is 18.5. The Balaban J connectivity index is 1.85. The average molecular weight is 452 g/mol. The first-order valence-electron chi connectivity index (χ1n) is 10.6. The summed E-state index contributed by atoms with van der Waals surface area (Å²) in [6.07, 6.45) is 2.90. The lowest BCUT2D eigenvalue weighted by Crippen LogP contribution is -2.44. The lowest BCUT2D eigenvalue weighted by atomic mass is 9.92. The first-order chi connectivity index (χ1) is 15.5. The minimum atomic E-state index is -1.19. The van der Waals surface area contributed by atoms with Gasteiger partial charge in [0.25, 0.3) is 0 Å². The molecule has 0 radical (unpaired) electrons. The second-order valence-electron chi connectivity index (χ2n) is 9.48. The van der Waals surface area contributed by atoms with E-state index in [1.54, 1.807) is 19.9 Å². The molecule has 2 aromatic carbocycles. The summed E-state index contributed by atoms with van der Waals surface area (Å²) in [6.45, 7) is 7.00. The summed E-state index contributed by atoms with van der Waals surface area (Å²) in [5.41, 5.74) is -0.743. The monoisotopic (exact) mass is 452 g/mol. The van der Waals surface area contributed by atoms with Crippen molar-refractivity contribution in [1.82, 2.24) is 0 Å². The van der Waals surface area contributed by atoms with Gasteiger partial charge >= 0.3 is 0 Å². The molecule has 3 aromatic rings. The summed E-state index contributed by atoms with van der Waals surface area (Å²) in [5.74, 6) is 0.643. The molecule has 0 amide bonds. The van der Waals surface area contributed by atoms with Crippen LogP contribution < -0.4 is 14.9 Å². The van der Waals surface area contributed by atoms with Crippen LogP contribution in [0.4, 0.5) is 0 Å². The third-order valence-corrected chi connectivity index (χ3v) is 6.14. The highest BCUT2D eigenvalue weighted by atomic mass is 17.1. The summed E-state index contributed by atoms with van der Waals surface area (Å²) >= 11 is 0. The van der Waals surface area contributed by atoms with Gasteiger partial charge in [-0.3, -0.25) is 10.1 Å². The Kier molecular flexibility index (Phi) is 4.53. The van der Waals surface area contributed by atoms with Gasteiger partial charge in [0.05, 0.1) is 11.1 Å². The van der Waals surface area contributed by atoms with E-state index in [9.17, 15) is 20.3 Å². The number of aromatic hydroxyl groups is 2. The first-order valence-corrected chi connectivity index (χ1v) is 10.6. The Morgan fingerprint density at radius 2 is 1.91 bits per heavy atom. The van der Waals surface area contributed by atoms with E-state index in [2.05, 4.69) is 4.89 Å². The van der Waals surface area contributed by atoms with Crippen molar-refractivity contribution in [2.75, 3.05) is 0 Å². The van der Waals surface area contributed by atoms with Gasteiger partial charge < -0.3 is 24.1 Å². The molecule has 0 fully saturated rings. The SMILES string of the molecule is CC1(C)C=Cc2c(cc(O)c3c(=O)c4c(oc23)-c2ccc(O)cc2OC(C(C)(C)OO)C4)O1. The van der Waals surface area contributed by atoms with Gasteiger partial charge in [-0.05, 0) is 52.0 Å². The number of ether oxygens (including phenoxy) is 2. The van der Waals surface area contributed by atoms with Crippen LogP contribution in [-0.4, -0.2) is 32.8 Å². The van der Waals surface area contributed by atoms with E-state index < -0.39 is 22.7 Å². The third-order valence-electron chi connectivity index (χ3n) is 6.14. The van der Waals surface area contributed by atoms with Crippen LogP contribution in [-0.2, 0) is 11.3 Å². The largest absolute Gasteiger partial charge is 0.508 e. The van der Waals surface area contributed by atoms with Crippen molar-refractivity contribution in [3.8, 4) is 34.3 Å². The zero-order chi connectivity index (χ0) is 23.7. The van der Waals surface area contributed by atoms with E-state index in [1.807, 2.05) is 26.0 Å². The Bertz CT molecular complexity index is 1380. The van der Waals surface area contributed by atoms with E-state index in [0.717, 1.165) is 0 Å². The Morgan fingerprint density at radius 3 is 2.64 bits per heavy atom. The number of hydrogen-bond donors (Lipinski definition) is 3. The molecule has 2 aliphatic rings. The molecule has 33 heavy (non-hydrogen) atoms. The fraction of sp³-hybridized carbons (Fsp3) is 0.320. The van der Waals surface area contributed by atoms with Gasteiger partial charge in [-0.25, -0.2) is 4.89 Å². The number of phenolic OH excluding ortho intramolecular Hbond substituents is 2. The highest BCUT2D eigenvalue weighted by Crippen LogP contribution is 2.45. The fourth-order valence-corrected chi connectivity index (χ4v) is 4.25. The minimum Gasteiger partial charge on any atom is -0.508 e. The molecule has 3 N–H and O–H groups in total. The Hall–Kier alpha value is -3.49. The van der Waals surface area contributed by atoms with Crippen molar-refractivity contribution >= 4 is 17.0 Å². The molecule has 1 atom stereocenters. The summed E-state index contributed by atoms with van der Waals surface area (Å²) in [5, 5.41) is 30.3. The number of benzene rings is 2. The molecule has 172 valence electrons. The maximum Gasteiger partial charge on any atom is 0.200 e. The minimum absolute atomic E-state index is 0.0316. The molecule has 1 aromatic heterocycles. The van der Waals surface area contributed by atoms with Crippen LogP contribution >= 0.6 is 0 Å². The van der Waals surface area contributed by atoms with E-state index in [1.165, 1.54) is 18.2 Å². The predicted molar refractivity (Wildman–Crippen MR) is 121 cm³/mol. The quantitative estimate of drug-likeness (QED) is 0.381. The fourth-order valence-electron chi connectivity index (χ4n) is 4.25. The highest BCUT2D eigenvalue weighted by Gasteiger charge is 2.39. The van der Waals surface area contributed by atoms with E-state index in [0.29, 0.717) is 16.9 Å². The summed E-state index contributed by atoms with van der Waals surface area (Å²) in [7, 11) is 0. The van der Waals surface area contributed by atoms with Crippen LogP contribution in [0.5, 0.6) is 23.0 Å². The van der Waals surface area contributed by atoms with Crippen molar-refractivity contribution in [3.63, 3.8) is 0 Å². The van der Waals surface area contributed by atoms with Crippen LogP contribution in [0.15, 0.2) is 39.6 Å². The average Bonchev–Trinajstić information content (AvgIpc) is 2.90. The number of hydrogen-bond acceptors (Lipinski definition) is 8. The standard InChI is InChI=1S/C25H24O8/c1-24(2)8-7-14-18(32-24)11-16(27)20-21(28)15-10-19(25(3,4)33-29)30-17-9-12(26)5-6-13(17)22(15)31-23(14)20/h5-9,11,19,26-27,29H,10H2,1-4H3. The molecule has 0 saturated carbocycles. The summed E-state index contributed by atoms with van der Waals surface area (Å²) in [6, 6.07) is 5.90. The van der Waals surface area contributed by atoms with E-state index >= 15 is 0 Å². The molecule has 5 rings (SSSR count). The first kappa shape index (κ1) is 21.4. The molecule has 1 unspecified atom stereocenters. The smallest absolute Gasteiger partial charge is 0.200 e. The third kappa shape index (κ3) is 3.34. The van der Waals surface area contributed by atoms with Crippen LogP contribution in [0, 0.1) is 0 Å². The van der Waals surface area contributed by atoms with Gasteiger partial charge in [0.15, 0.2) is 11.0 Å². The molecule has 0 bridgehead atoms. The predicted octanol–water partition coefficient (Wildman–Crippen LogP) is 4.63. The second-order valence-corrected chi connectivity index (χ2v) is 9.48. The second kappa shape index (κ2) is 7.00. The molecule has 8 nitrogen and oxygen atoms in total. The molecule has 0 spiro atoms. The number of rotatable bonds is 2. The van der Waals surface area contributed by atoms with Gasteiger partial charge in [-0.2, -0.15) is 0 Å².